The van der Waals surface area contributed by atoms with Crippen molar-refractivity contribution >= 4 is 11.7 Å². The molecule has 19 heavy (non-hydrogen) atoms. The van der Waals surface area contributed by atoms with Crippen LogP contribution in [0.25, 0.3) is 0 Å². The minimum absolute atomic E-state index is 0.146. The highest BCUT2D eigenvalue weighted by Gasteiger charge is 2.20. The average Bonchev–Trinajstić information content (AvgIpc) is 2.45. The van der Waals surface area contributed by atoms with Crippen LogP contribution in [0, 0.1) is 28.6 Å². The molecule has 0 amide bonds. The van der Waals surface area contributed by atoms with Crippen molar-refractivity contribution in [2.24, 2.45) is 5.92 Å². The summed E-state index contributed by atoms with van der Waals surface area (Å²) < 4.78 is 4.68. The molecule has 0 aromatic heterocycles. The summed E-state index contributed by atoms with van der Waals surface area (Å²) >= 11 is 0. The van der Waals surface area contributed by atoms with Gasteiger partial charge in [-0.2, -0.15) is 10.5 Å². The van der Waals surface area contributed by atoms with E-state index < -0.39 is 0 Å². The highest BCUT2D eigenvalue weighted by molar-refractivity contribution is 5.73. The first-order chi connectivity index (χ1) is 9.03. The molecule has 1 aromatic rings. The number of ether oxygens (including phenoxy) is 1. The first-order valence-corrected chi connectivity index (χ1v) is 5.82. The van der Waals surface area contributed by atoms with E-state index in [1.807, 2.05) is 19.1 Å². The number of hydrogen-bond donors (Lipinski definition) is 1. The molecule has 0 fully saturated rings. The molecule has 0 spiro atoms. The molecule has 5 nitrogen and oxygen atoms in total. The second-order valence-corrected chi connectivity index (χ2v) is 4.23. The Morgan fingerprint density at radius 1 is 1.26 bits per heavy atom. The van der Waals surface area contributed by atoms with Crippen molar-refractivity contribution in [2.75, 3.05) is 12.4 Å². The molecule has 1 N–H and O–H groups in total. The first kappa shape index (κ1) is 14.5. The lowest BCUT2D eigenvalue weighted by atomic mass is 10.0. The number of benzene rings is 1. The lowest BCUT2D eigenvalue weighted by molar-refractivity contribution is -0.145. The largest absolute Gasteiger partial charge is 0.469 e. The minimum Gasteiger partial charge on any atom is -0.469 e. The van der Waals surface area contributed by atoms with Gasteiger partial charge in [0.1, 0.15) is 12.1 Å². The Labute approximate surface area is 112 Å². The van der Waals surface area contributed by atoms with Crippen molar-refractivity contribution in [3.63, 3.8) is 0 Å². The van der Waals surface area contributed by atoms with E-state index in [2.05, 4.69) is 10.1 Å². The maximum Gasteiger partial charge on any atom is 0.310 e. The number of hydrogen-bond acceptors (Lipinski definition) is 5. The van der Waals surface area contributed by atoms with Crippen LogP contribution in [0.15, 0.2) is 18.2 Å². The van der Waals surface area contributed by atoms with Crippen molar-refractivity contribution in [1.29, 1.82) is 10.5 Å². The van der Waals surface area contributed by atoms with E-state index >= 15 is 0 Å². The van der Waals surface area contributed by atoms with Gasteiger partial charge in [-0.3, -0.25) is 4.79 Å². The number of rotatable bonds is 4. The van der Waals surface area contributed by atoms with Crippen LogP contribution in [0.3, 0.4) is 0 Å². The van der Waals surface area contributed by atoms with E-state index in [0.29, 0.717) is 16.8 Å². The zero-order valence-electron chi connectivity index (χ0n) is 11.1. The van der Waals surface area contributed by atoms with Crippen LogP contribution in [0.1, 0.15) is 25.0 Å². The molecule has 0 aliphatic heterocycles. The molecule has 5 heteroatoms. The molecule has 2 unspecified atom stereocenters. The van der Waals surface area contributed by atoms with Gasteiger partial charge in [-0.15, -0.1) is 0 Å². The topological polar surface area (TPSA) is 85.9 Å². The van der Waals surface area contributed by atoms with E-state index in [0.717, 1.165) is 0 Å². The van der Waals surface area contributed by atoms with Gasteiger partial charge in [0, 0.05) is 11.7 Å². The third-order valence-electron chi connectivity index (χ3n) is 2.98. The summed E-state index contributed by atoms with van der Waals surface area (Å²) in [5.74, 6) is -0.611. The summed E-state index contributed by atoms with van der Waals surface area (Å²) in [5, 5.41) is 20.9. The van der Waals surface area contributed by atoms with Gasteiger partial charge in [0.2, 0.25) is 0 Å². The van der Waals surface area contributed by atoms with Crippen molar-refractivity contribution < 1.29 is 9.53 Å². The minimum atomic E-state index is -0.314. The molecule has 0 aliphatic carbocycles. The fourth-order valence-electron chi connectivity index (χ4n) is 1.60. The zero-order valence-corrected chi connectivity index (χ0v) is 11.1. The predicted molar refractivity (Wildman–Crippen MR) is 70.1 cm³/mol. The Balaban J connectivity index is 2.87. The lowest BCUT2D eigenvalue weighted by Gasteiger charge is -2.20. The predicted octanol–water partition coefficient (Wildman–Crippen LogP) is 2.04. The SMILES string of the molecule is COC(=O)C(C)C(C)Nc1ccc(C#N)c(C#N)c1. The van der Waals surface area contributed by atoms with Crippen LogP contribution in [0.2, 0.25) is 0 Å². The third-order valence-corrected chi connectivity index (χ3v) is 2.98. The Kier molecular flexibility index (Phi) is 4.91. The van der Waals surface area contributed by atoms with Crippen molar-refractivity contribution in [1.82, 2.24) is 0 Å². The van der Waals surface area contributed by atoms with E-state index in [4.69, 9.17) is 10.5 Å². The van der Waals surface area contributed by atoms with Gasteiger partial charge in [-0.05, 0) is 32.0 Å². The quantitative estimate of drug-likeness (QED) is 0.834. The second kappa shape index (κ2) is 6.42. The molecule has 1 rings (SSSR count). The summed E-state index contributed by atoms with van der Waals surface area (Å²) in [6.45, 7) is 3.62. The number of nitrogens with zero attached hydrogens (tertiary/aromatic N) is 2. The summed E-state index contributed by atoms with van der Waals surface area (Å²) in [6.07, 6.45) is 0. The Bertz CT molecular complexity index is 555. The van der Waals surface area contributed by atoms with Gasteiger partial charge in [0.05, 0.1) is 24.2 Å². The number of carbonyl (C=O) groups is 1. The number of anilines is 1. The normalized spacial score (nSPS) is 12.7. The Morgan fingerprint density at radius 3 is 2.42 bits per heavy atom. The summed E-state index contributed by atoms with van der Waals surface area (Å²) in [5.41, 5.74) is 1.34. The lowest BCUT2D eigenvalue weighted by Crippen LogP contribution is -2.30. The number of methoxy groups -OCH3 is 1. The molecule has 0 bridgehead atoms. The molecule has 98 valence electrons. The molecule has 0 saturated carbocycles. The highest BCUT2D eigenvalue weighted by Crippen LogP contribution is 2.18. The molecule has 0 heterocycles. The average molecular weight is 257 g/mol. The molecule has 0 saturated heterocycles. The third kappa shape index (κ3) is 3.46. The van der Waals surface area contributed by atoms with Gasteiger partial charge >= 0.3 is 5.97 Å². The van der Waals surface area contributed by atoms with Crippen molar-refractivity contribution in [3.8, 4) is 12.1 Å². The zero-order chi connectivity index (χ0) is 14.4. The van der Waals surface area contributed by atoms with Crippen LogP contribution in [-0.2, 0) is 9.53 Å². The standard InChI is InChI=1S/C14H15N3O2/c1-9(14(18)19-3)10(2)17-13-5-4-11(7-15)12(6-13)8-16/h4-6,9-10,17H,1-3H3. The van der Waals surface area contributed by atoms with Gasteiger partial charge in [0.25, 0.3) is 0 Å². The van der Waals surface area contributed by atoms with Gasteiger partial charge in [-0.1, -0.05) is 0 Å². The molecule has 1 aromatic carbocycles. The molecule has 2 atom stereocenters. The van der Waals surface area contributed by atoms with E-state index in [1.54, 1.807) is 25.1 Å². The fraction of sp³-hybridized carbons (Fsp3) is 0.357. The van der Waals surface area contributed by atoms with E-state index in [-0.39, 0.29) is 17.9 Å². The van der Waals surface area contributed by atoms with Gasteiger partial charge < -0.3 is 10.1 Å². The molecular formula is C14H15N3O2. The summed E-state index contributed by atoms with van der Waals surface area (Å²) in [6, 6.07) is 8.66. The Morgan fingerprint density at radius 2 is 1.89 bits per heavy atom. The molecule has 0 radical (unpaired) electrons. The van der Waals surface area contributed by atoms with Gasteiger partial charge in [0.15, 0.2) is 0 Å². The van der Waals surface area contributed by atoms with Crippen molar-refractivity contribution in [3.05, 3.63) is 29.3 Å². The van der Waals surface area contributed by atoms with E-state index in [9.17, 15) is 4.79 Å². The maximum atomic E-state index is 11.4. The van der Waals surface area contributed by atoms with Crippen LogP contribution >= 0.6 is 0 Å². The Hall–Kier alpha value is -2.53. The molecular weight excluding hydrogens is 242 g/mol. The van der Waals surface area contributed by atoms with E-state index in [1.165, 1.54) is 7.11 Å². The molecule has 0 aliphatic rings. The second-order valence-electron chi connectivity index (χ2n) is 4.23. The highest BCUT2D eigenvalue weighted by atomic mass is 16.5. The smallest absolute Gasteiger partial charge is 0.310 e. The number of carbonyl (C=O) groups excluding carboxylic acids is 1. The number of nitriles is 2. The number of esters is 1. The van der Waals surface area contributed by atoms with Gasteiger partial charge in [-0.25, -0.2) is 0 Å². The monoisotopic (exact) mass is 257 g/mol. The summed E-state index contributed by atoms with van der Waals surface area (Å²) in [4.78, 5) is 11.4. The van der Waals surface area contributed by atoms with Crippen LogP contribution in [0.5, 0.6) is 0 Å². The van der Waals surface area contributed by atoms with Crippen LogP contribution in [0.4, 0.5) is 5.69 Å². The van der Waals surface area contributed by atoms with Crippen LogP contribution in [-0.4, -0.2) is 19.1 Å². The first-order valence-electron chi connectivity index (χ1n) is 5.82. The van der Waals surface area contributed by atoms with Crippen molar-refractivity contribution in [2.45, 2.75) is 19.9 Å². The number of nitrogens with one attached hydrogen (secondary N) is 1. The fourth-order valence-corrected chi connectivity index (χ4v) is 1.60. The maximum absolute atomic E-state index is 11.4. The van der Waals surface area contributed by atoms with Crippen LogP contribution < -0.4 is 5.32 Å². The summed E-state index contributed by atoms with van der Waals surface area (Å²) in [7, 11) is 1.35.